The Balaban J connectivity index is 1.65. The maximum absolute atomic E-state index is 12.7. The number of rotatable bonds is 10. The van der Waals surface area contributed by atoms with Gasteiger partial charge in [-0.15, -0.1) is 0 Å². The third-order valence-electron chi connectivity index (χ3n) is 4.86. The number of hydrazine groups is 1. The molecule has 0 radical (unpaired) electrons. The van der Waals surface area contributed by atoms with Crippen molar-refractivity contribution in [2.75, 3.05) is 19.8 Å². The third-order valence-corrected chi connectivity index (χ3v) is 4.86. The number of hydrogen-bond acceptors (Lipinski definition) is 6. The second-order valence-electron chi connectivity index (χ2n) is 6.98. The number of hydrogen-bond donors (Lipinski definition) is 3. The molecule has 162 valence electrons. The summed E-state index contributed by atoms with van der Waals surface area (Å²) >= 11 is 0. The van der Waals surface area contributed by atoms with Gasteiger partial charge in [0.05, 0.1) is 19.8 Å². The van der Waals surface area contributed by atoms with Crippen molar-refractivity contribution in [3.63, 3.8) is 0 Å². The largest absolute Gasteiger partial charge is 0.490 e. The van der Waals surface area contributed by atoms with Crippen LogP contribution in [0.2, 0.25) is 0 Å². The van der Waals surface area contributed by atoms with Gasteiger partial charge in [0.1, 0.15) is 6.04 Å². The molecule has 30 heavy (non-hydrogen) atoms. The summed E-state index contributed by atoms with van der Waals surface area (Å²) in [5.41, 5.74) is 8.36. The van der Waals surface area contributed by atoms with Gasteiger partial charge in [0, 0.05) is 12.6 Å². The van der Waals surface area contributed by atoms with E-state index in [2.05, 4.69) is 28.3 Å². The zero-order valence-corrected chi connectivity index (χ0v) is 17.9. The second-order valence-corrected chi connectivity index (χ2v) is 6.98. The predicted molar refractivity (Wildman–Crippen MR) is 116 cm³/mol. The van der Waals surface area contributed by atoms with Crippen molar-refractivity contribution in [3.8, 4) is 17.2 Å². The molecule has 1 aliphatic rings. The van der Waals surface area contributed by atoms with Gasteiger partial charge in [0.15, 0.2) is 11.5 Å². The summed E-state index contributed by atoms with van der Waals surface area (Å²) in [4.78, 5) is 12.7. The summed E-state index contributed by atoms with van der Waals surface area (Å²) in [7, 11) is 0. The molecule has 7 nitrogen and oxygen atoms in total. The van der Waals surface area contributed by atoms with Crippen LogP contribution in [0, 0.1) is 0 Å². The van der Waals surface area contributed by atoms with Gasteiger partial charge < -0.3 is 19.5 Å². The maximum atomic E-state index is 12.7. The third kappa shape index (κ3) is 5.43. The van der Waals surface area contributed by atoms with E-state index in [0.29, 0.717) is 50.0 Å². The highest BCUT2D eigenvalue weighted by molar-refractivity contribution is 5.82. The topological polar surface area (TPSA) is 80.9 Å². The quantitative estimate of drug-likeness (QED) is 0.555. The van der Waals surface area contributed by atoms with Gasteiger partial charge >= 0.3 is 0 Å². The molecule has 1 heterocycles. The molecule has 1 amide bonds. The van der Waals surface area contributed by atoms with E-state index in [1.54, 1.807) is 0 Å². The zero-order chi connectivity index (χ0) is 21.3. The van der Waals surface area contributed by atoms with Crippen LogP contribution in [0.5, 0.6) is 17.2 Å². The molecule has 0 aliphatic carbocycles. The molecule has 1 fully saturated rings. The first-order valence-corrected chi connectivity index (χ1v) is 10.5. The lowest BCUT2D eigenvalue weighted by atomic mass is 10.0. The standard InChI is InChI=1S/C23H31N3O4/c1-4-28-20-12-16(13-21(29-5-2)22(20)30-6-3)15-24-23(27)19-14-18(25-26-19)17-10-8-7-9-11-17/h7-13,18-19,25-26H,4-6,14-15H2,1-3H3,(H,24,27). The van der Waals surface area contributed by atoms with Gasteiger partial charge in [0.2, 0.25) is 11.7 Å². The van der Waals surface area contributed by atoms with E-state index < -0.39 is 0 Å². The summed E-state index contributed by atoms with van der Waals surface area (Å²) in [5, 5.41) is 3.01. The molecule has 1 saturated heterocycles. The first-order chi connectivity index (χ1) is 14.7. The monoisotopic (exact) mass is 413 g/mol. The van der Waals surface area contributed by atoms with Crippen LogP contribution in [0.25, 0.3) is 0 Å². The number of carbonyl (C=O) groups is 1. The Kier molecular flexibility index (Phi) is 7.93. The van der Waals surface area contributed by atoms with Crippen molar-refractivity contribution in [1.29, 1.82) is 0 Å². The van der Waals surface area contributed by atoms with Crippen LogP contribution in [0.3, 0.4) is 0 Å². The highest BCUT2D eigenvalue weighted by atomic mass is 16.5. The molecular formula is C23H31N3O4. The molecule has 7 heteroatoms. The fourth-order valence-electron chi connectivity index (χ4n) is 3.49. The highest BCUT2D eigenvalue weighted by Crippen LogP contribution is 2.39. The average Bonchev–Trinajstić information content (AvgIpc) is 3.26. The minimum absolute atomic E-state index is 0.0502. The van der Waals surface area contributed by atoms with E-state index in [0.717, 1.165) is 11.1 Å². The average molecular weight is 414 g/mol. The summed E-state index contributed by atoms with van der Waals surface area (Å²) in [6, 6.07) is 13.7. The van der Waals surface area contributed by atoms with E-state index in [9.17, 15) is 4.79 Å². The van der Waals surface area contributed by atoms with E-state index in [1.807, 2.05) is 51.1 Å². The SMILES string of the molecule is CCOc1cc(CNC(=O)C2CC(c3ccccc3)NN2)cc(OCC)c1OCC. The van der Waals surface area contributed by atoms with E-state index in [4.69, 9.17) is 14.2 Å². The van der Waals surface area contributed by atoms with Gasteiger partial charge in [-0.05, 0) is 50.5 Å². The molecule has 3 N–H and O–H groups in total. The zero-order valence-electron chi connectivity index (χ0n) is 17.9. The number of ether oxygens (including phenoxy) is 3. The van der Waals surface area contributed by atoms with Crippen molar-refractivity contribution in [3.05, 3.63) is 53.6 Å². The van der Waals surface area contributed by atoms with E-state index >= 15 is 0 Å². The summed E-state index contributed by atoms with van der Waals surface area (Å²) < 4.78 is 17.2. The van der Waals surface area contributed by atoms with Gasteiger partial charge in [-0.2, -0.15) is 0 Å². The van der Waals surface area contributed by atoms with Gasteiger partial charge in [0.25, 0.3) is 0 Å². The Labute approximate surface area is 178 Å². The van der Waals surface area contributed by atoms with Crippen molar-refractivity contribution < 1.29 is 19.0 Å². The molecule has 2 unspecified atom stereocenters. The Morgan fingerprint density at radius 1 is 0.967 bits per heavy atom. The molecule has 2 aromatic rings. The van der Waals surface area contributed by atoms with Crippen LogP contribution in [0.15, 0.2) is 42.5 Å². The molecule has 3 rings (SSSR count). The number of benzene rings is 2. The van der Waals surface area contributed by atoms with Crippen molar-refractivity contribution in [2.45, 2.75) is 45.8 Å². The Morgan fingerprint density at radius 3 is 2.20 bits per heavy atom. The van der Waals surface area contributed by atoms with E-state index in [1.165, 1.54) is 0 Å². The molecule has 0 bridgehead atoms. The smallest absolute Gasteiger partial charge is 0.238 e. The fraction of sp³-hybridized carbons (Fsp3) is 0.435. The summed E-state index contributed by atoms with van der Waals surface area (Å²) in [6.07, 6.45) is 0.688. The normalized spacial score (nSPS) is 18.1. The fourth-order valence-corrected chi connectivity index (χ4v) is 3.49. The van der Waals surface area contributed by atoms with Gasteiger partial charge in [-0.1, -0.05) is 30.3 Å². The number of amides is 1. The Morgan fingerprint density at radius 2 is 1.60 bits per heavy atom. The summed E-state index contributed by atoms with van der Waals surface area (Å²) in [6.45, 7) is 7.68. The molecule has 2 atom stereocenters. The lowest BCUT2D eigenvalue weighted by Crippen LogP contribution is -2.42. The van der Waals surface area contributed by atoms with Crippen molar-refractivity contribution in [1.82, 2.24) is 16.2 Å². The van der Waals surface area contributed by atoms with Crippen LogP contribution in [-0.2, 0) is 11.3 Å². The maximum Gasteiger partial charge on any atom is 0.238 e. The van der Waals surface area contributed by atoms with Crippen LogP contribution < -0.4 is 30.4 Å². The summed E-state index contributed by atoms with van der Waals surface area (Å²) in [5.74, 6) is 1.80. The lowest BCUT2D eigenvalue weighted by molar-refractivity contribution is -0.123. The Bertz CT molecular complexity index is 801. The molecule has 0 spiro atoms. The minimum Gasteiger partial charge on any atom is -0.490 e. The predicted octanol–water partition coefficient (Wildman–Crippen LogP) is 3.11. The molecule has 2 aromatic carbocycles. The van der Waals surface area contributed by atoms with E-state index in [-0.39, 0.29) is 18.0 Å². The second kappa shape index (κ2) is 10.8. The van der Waals surface area contributed by atoms with Crippen molar-refractivity contribution >= 4 is 5.91 Å². The Hall–Kier alpha value is -2.77. The molecule has 0 saturated carbocycles. The van der Waals surface area contributed by atoms with Crippen LogP contribution >= 0.6 is 0 Å². The highest BCUT2D eigenvalue weighted by Gasteiger charge is 2.29. The van der Waals surface area contributed by atoms with Crippen LogP contribution in [-0.4, -0.2) is 31.8 Å². The van der Waals surface area contributed by atoms with Crippen LogP contribution in [0.4, 0.5) is 0 Å². The molecule has 1 aliphatic heterocycles. The first-order valence-electron chi connectivity index (χ1n) is 10.5. The first kappa shape index (κ1) is 21.9. The minimum atomic E-state index is -0.296. The number of carbonyl (C=O) groups excluding carboxylic acids is 1. The number of nitrogens with one attached hydrogen (secondary N) is 3. The lowest BCUT2D eigenvalue weighted by Gasteiger charge is -2.18. The molecular weight excluding hydrogens is 382 g/mol. The molecule has 0 aromatic heterocycles. The van der Waals surface area contributed by atoms with Gasteiger partial charge in [-0.3, -0.25) is 4.79 Å². The van der Waals surface area contributed by atoms with Crippen molar-refractivity contribution in [2.24, 2.45) is 0 Å². The van der Waals surface area contributed by atoms with Gasteiger partial charge in [-0.25, -0.2) is 10.9 Å². The van der Waals surface area contributed by atoms with Crippen LogP contribution in [0.1, 0.15) is 44.4 Å².